The number of benzene rings is 2. The second-order valence-electron chi connectivity index (χ2n) is 16.7. The SMILES string of the molecule is COC(=O)C(CCCNC(=O)OCc1ccccc1)NC(=O)C(NC(=O)[C@@H]1CCCN1C(=O)C(/C=C/C(CC(C)C)NC(=O)OC(C)(C)C)Cc1ccccc1)C(C)C. The summed E-state index contributed by atoms with van der Waals surface area (Å²) >= 11 is 0. The molecule has 5 amide bonds. The Hall–Kier alpha value is -5.40. The molecule has 14 heteroatoms. The van der Waals surface area contributed by atoms with Crippen LogP contribution in [-0.2, 0) is 46.4 Å². The van der Waals surface area contributed by atoms with Gasteiger partial charge in [0.05, 0.1) is 19.1 Å². The van der Waals surface area contributed by atoms with Crippen LogP contribution < -0.4 is 21.3 Å². The summed E-state index contributed by atoms with van der Waals surface area (Å²) in [6.45, 7) is 13.7. The Bertz CT molecular complexity index is 1690. The number of alkyl carbamates (subject to hydrolysis) is 2. The van der Waals surface area contributed by atoms with E-state index in [-0.39, 0.29) is 37.3 Å². The molecule has 0 aromatic heterocycles. The molecule has 1 saturated heterocycles. The quantitative estimate of drug-likeness (QED) is 0.0553. The molecule has 5 atom stereocenters. The minimum Gasteiger partial charge on any atom is -0.467 e. The summed E-state index contributed by atoms with van der Waals surface area (Å²) in [5, 5.41) is 11.2. The second kappa shape index (κ2) is 23.9. The van der Waals surface area contributed by atoms with E-state index in [1.54, 1.807) is 39.5 Å². The summed E-state index contributed by atoms with van der Waals surface area (Å²) in [6.07, 6.45) is 4.97. The predicted octanol–water partition coefficient (Wildman–Crippen LogP) is 5.84. The van der Waals surface area contributed by atoms with E-state index in [1.165, 1.54) is 7.11 Å². The van der Waals surface area contributed by atoms with Crippen LogP contribution in [0.4, 0.5) is 9.59 Å². The van der Waals surface area contributed by atoms with Crippen LogP contribution in [0, 0.1) is 17.8 Å². The number of rotatable bonds is 20. The van der Waals surface area contributed by atoms with Crippen LogP contribution in [0.1, 0.15) is 91.7 Å². The maximum atomic E-state index is 14.4. The number of esters is 1. The first-order valence-corrected chi connectivity index (χ1v) is 20.6. The highest BCUT2D eigenvalue weighted by atomic mass is 16.6. The summed E-state index contributed by atoms with van der Waals surface area (Å²) in [5.74, 6) is -2.73. The molecule has 2 aromatic carbocycles. The van der Waals surface area contributed by atoms with Gasteiger partial charge in [0.2, 0.25) is 17.7 Å². The van der Waals surface area contributed by atoms with Crippen molar-refractivity contribution in [1.29, 1.82) is 0 Å². The summed E-state index contributed by atoms with van der Waals surface area (Å²) in [6, 6.07) is 15.6. The highest BCUT2D eigenvalue weighted by Crippen LogP contribution is 2.24. The van der Waals surface area contributed by atoms with E-state index in [9.17, 15) is 28.8 Å². The van der Waals surface area contributed by atoms with E-state index in [0.717, 1.165) is 11.1 Å². The molecule has 0 spiro atoms. The van der Waals surface area contributed by atoms with Crippen molar-refractivity contribution in [2.24, 2.45) is 17.8 Å². The van der Waals surface area contributed by atoms with E-state index in [4.69, 9.17) is 14.2 Å². The molecule has 1 aliphatic heterocycles. The molecule has 0 aliphatic carbocycles. The molecule has 3 rings (SSSR count). The Morgan fingerprint density at radius 2 is 1.49 bits per heavy atom. The third-order valence-electron chi connectivity index (χ3n) is 9.66. The monoisotopic (exact) mass is 819 g/mol. The predicted molar refractivity (Wildman–Crippen MR) is 225 cm³/mol. The Morgan fingerprint density at radius 1 is 0.847 bits per heavy atom. The van der Waals surface area contributed by atoms with Gasteiger partial charge in [0, 0.05) is 13.1 Å². The second-order valence-corrected chi connectivity index (χ2v) is 16.7. The lowest BCUT2D eigenvalue weighted by molar-refractivity contribution is -0.146. The summed E-state index contributed by atoms with van der Waals surface area (Å²) in [7, 11) is 1.22. The van der Waals surface area contributed by atoms with Crippen LogP contribution in [0.15, 0.2) is 72.8 Å². The zero-order valence-electron chi connectivity index (χ0n) is 36.0. The minimum atomic E-state index is -1.03. The Morgan fingerprint density at radius 3 is 2.08 bits per heavy atom. The van der Waals surface area contributed by atoms with Crippen molar-refractivity contribution in [3.63, 3.8) is 0 Å². The molecule has 2 aromatic rings. The third kappa shape index (κ3) is 17.2. The van der Waals surface area contributed by atoms with Gasteiger partial charge in [-0.3, -0.25) is 14.4 Å². The first-order chi connectivity index (χ1) is 28.0. The number of nitrogens with one attached hydrogen (secondary N) is 4. The van der Waals surface area contributed by atoms with Gasteiger partial charge in [-0.05, 0) is 82.3 Å². The van der Waals surface area contributed by atoms with Gasteiger partial charge < -0.3 is 40.4 Å². The Labute approximate surface area is 349 Å². The zero-order valence-corrected chi connectivity index (χ0v) is 36.0. The van der Waals surface area contributed by atoms with Crippen molar-refractivity contribution in [3.8, 4) is 0 Å². The van der Waals surface area contributed by atoms with Crippen LogP contribution in [-0.4, -0.2) is 90.7 Å². The highest BCUT2D eigenvalue weighted by Gasteiger charge is 2.39. The maximum Gasteiger partial charge on any atom is 0.408 e. The van der Waals surface area contributed by atoms with Crippen molar-refractivity contribution >= 4 is 35.9 Å². The number of hydrogen-bond donors (Lipinski definition) is 4. The normalized spacial score (nSPS) is 16.2. The molecule has 1 aliphatic rings. The van der Waals surface area contributed by atoms with Crippen LogP contribution in [0.5, 0.6) is 0 Å². The van der Waals surface area contributed by atoms with E-state index >= 15 is 0 Å². The third-order valence-corrected chi connectivity index (χ3v) is 9.66. The van der Waals surface area contributed by atoms with E-state index in [2.05, 4.69) is 21.3 Å². The van der Waals surface area contributed by atoms with E-state index < -0.39 is 65.7 Å². The Kier molecular flexibility index (Phi) is 19.4. The summed E-state index contributed by atoms with van der Waals surface area (Å²) < 4.78 is 15.7. The van der Waals surface area contributed by atoms with Crippen molar-refractivity contribution in [2.75, 3.05) is 20.2 Å². The number of likely N-dealkylation sites (tertiary alicyclic amines) is 1. The fraction of sp³-hybridized carbons (Fsp3) is 0.556. The lowest BCUT2D eigenvalue weighted by Crippen LogP contribution is -2.57. The van der Waals surface area contributed by atoms with Crippen LogP contribution in [0.25, 0.3) is 0 Å². The van der Waals surface area contributed by atoms with Crippen LogP contribution >= 0.6 is 0 Å². The number of methoxy groups -OCH3 is 1. The zero-order chi connectivity index (χ0) is 43.5. The number of hydrogen-bond acceptors (Lipinski definition) is 9. The van der Waals surface area contributed by atoms with Crippen LogP contribution in [0.2, 0.25) is 0 Å². The summed E-state index contributed by atoms with van der Waals surface area (Å²) in [4.78, 5) is 81.2. The molecule has 4 N–H and O–H groups in total. The number of carbonyl (C=O) groups excluding carboxylic acids is 6. The van der Waals surface area contributed by atoms with E-state index in [0.29, 0.717) is 38.6 Å². The molecule has 1 fully saturated rings. The standard InChI is InChI=1S/C45H65N5O9/c1-30(2)27-35(47-44(56)59-45(5,6)7)24-23-34(28-32-17-11-9-12-18-32)41(53)50-26-16-22-37(50)39(51)49-38(31(3)4)40(52)48-36(42(54)57-8)21-15-25-46-43(55)58-29-33-19-13-10-14-20-33/h9-14,17-20,23-24,30-31,34-38H,15-16,21-22,25-29H2,1-8H3,(H,46,55)(H,47,56)(H,48,52)(H,49,51)/b24-23+/t34?,35?,36?,37-,38?/m0/s1. The van der Waals surface area contributed by atoms with Gasteiger partial charge in [0.25, 0.3) is 0 Å². The number of nitrogens with zero attached hydrogens (tertiary/aromatic N) is 1. The Balaban J connectivity index is 1.69. The molecular weight excluding hydrogens is 755 g/mol. The maximum absolute atomic E-state index is 14.4. The summed E-state index contributed by atoms with van der Waals surface area (Å²) in [5.41, 5.74) is 1.11. The molecule has 0 radical (unpaired) electrons. The van der Waals surface area contributed by atoms with Gasteiger partial charge in [-0.2, -0.15) is 0 Å². The van der Waals surface area contributed by atoms with Gasteiger partial charge in [0.15, 0.2) is 0 Å². The molecule has 14 nitrogen and oxygen atoms in total. The average Bonchev–Trinajstić information content (AvgIpc) is 3.68. The molecular formula is C45H65N5O9. The number of carbonyl (C=O) groups is 6. The lowest BCUT2D eigenvalue weighted by atomic mass is 9.94. The smallest absolute Gasteiger partial charge is 0.408 e. The fourth-order valence-electron chi connectivity index (χ4n) is 6.75. The molecule has 1 heterocycles. The van der Waals surface area contributed by atoms with Gasteiger partial charge in [-0.15, -0.1) is 0 Å². The number of amides is 5. The van der Waals surface area contributed by atoms with Crippen LogP contribution in [0.3, 0.4) is 0 Å². The molecule has 4 unspecified atom stereocenters. The first kappa shape index (κ1) is 48.0. The first-order valence-electron chi connectivity index (χ1n) is 20.6. The highest BCUT2D eigenvalue weighted by molar-refractivity contribution is 5.94. The average molecular weight is 820 g/mol. The van der Waals surface area contributed by atoms with Crippen molar-refractivity contribution in [1.82, 2.24) is 26.2 Å². The lowest BCUT2D eigenvalue weighted by Gasteiger charge is -2.30. The van der Waals surface area contributed by atoms with Crippen molar-refractivity contribution in [3.05, 3.63) is 83.9 Å². The minimum absolute atomic E-state index is 0.113. The van der Waals surface area contributed by atoms with Gasteiger partial charge in [-0.1, -0.05) is 101 Å². The van der Waals surface area contributed by atoms with E-state index in [1.807, 2.05) is 86.7 Å². The topological polar surface area (TPSA) is 181 Å². The van der Waals surface area contributed by atoms with Crippen molar-refractivity contribution < 1.29 is 43.0 Å². The molecule has 59 heavy (non-hydrogen) atoms. The molecule has 324 valence electrons. The van der Waals surface area contributed by atoms with Gasteiger partial charge >= 0.3 is 18.2 Å². The number of ether oxygens (including phenoxy) is 3. The molecule has 0 saturated carbocycles. The molecule has 0 bridgehead atoms. The van der Waals surface area contributed by atoms with Gasteiger partial charge in [-0.25, -0.2) is 14.4 Å². The fourth-order valence-corrected chi connectivity index (χ4v) is 6.75. The van der Waals surface area contributed by atoms with Gasteiger partial charge in [0.1, 0.15) is 30.3 Å². The van der Waals surface area contributed by atoms with Crippen molar-refractivity contribution in [2.45, 2.75) is 123 Å². The largest absolute Gasteiger partial charge is 0.467 e.